The average Bonchev–Trinajstić information content (AvgIpc) is 2.93. The lowest BCUT2D eigenvalue weighted by atomic mass is 10.4. The molecular formula is C11H17N5O2S2. The Bertz CT molecular complexity index is 717. The van der Waals surface area contributed by atoms with E-state index < -0.39 is 10.0 Å². The van der Waals surface area contributed by atoms with E-state index in [1.54, 1.807) is 20.2 Å². The first-order valence-corrected chi connectivity index (χ1v) is 8.37. The molecule has 2 aromatic rings. The summed E-state index contributed by atoms with van der Waals surface area (Å²) in [6.07, 6.45) is 2.65. The zero-order valence-corrected chi connectivity index (χ0v) is 13.2. The minimum absolute atomic E-state index is 0.00545. The second-order valence-electron chi connectivity index (χ2n) is 4.32. The number of nitrogens with two attached hydrogens (primary N) is 1. The minimum Gasteiger partial charge on any atom is -0.381 e. The molecule has 0 aliphatic heterocycles. The summed E-state index contributed by atoms with van der Waals surface area (Å²) >= 11 is 1.49. The lowest BCUT2D eigenvalue weighted by molar-refractivity contribution is 0.580. The smallest absolute Gasteiger partial charge is 0.246 e. The molecule has 2 rings (SSSR count). The van der Waals surface area contributed by atoms with Crippen LogP contribution >= 0.6 is 11.3 Å². The molecule has 0 radical (unpaired) electrons. The number of sulfonamides is 1. The zero-order chi connectivity index (χ0) is 14.9. The fraction of sp³-hybridized carbons (Fsp3) is 0.455. The summed E-state index contributed by atoms with van der Waals surface area (Å²) in [5.41, 5.74) is 6.16. The number of aromatic nitrogens is 3. The van der Waals surface area contributed by atoms with Crippen LogP contribution in [0, 0.1) is 6.92 Å². The summed E-state index contributed by atoms with van der Waals surface area (Å²) in [5, 5.41) is 4.64. The fourth-order valence-electron chi connectivity index (χ4n) is 1.77. The second-order valence-corrected chi connectivity index (χ2v) is 7.23. The van der Waals surface area contributed by atoms with Crippen molar-refractivity contribution in [2.75, 3.05) is 5.73 Å². The van der Waals surface area contributed by atoms with Gasteiger partial charge >= 0.3 is 0 Å². The monoisotopic (exact) mass is 315 g/mol. The molecule has 0 saturated carbocycles. The minimum atomic E-state index is -3.69. The van der Waals surface area contributed by atoms with Crippen LogP contribution in [0.15, 0.2) is 11.1 Å². The predicted molar refractivity (Wildman–Crippen MR) is 77.9 cm³/mol. The normalized spacial score (nSPS) is 11.9. The highest BCUT2D eigenvalue weighted by Crippen LogP contribution is 2.21. The fourth-order valence-corrected chi connectivity index (χ4v) is 3.97. The maximum absolute atomic E-state index is 12.3. The third kappa shape index (κ3) is 2.84. The molecule has 0 saturated heterocycles. The van der Waals surface area contributed by atoms with Crippen molar-refractivity contribution in [3.8, 4) is 0 Å². The van der Waals surface area contributed by atoms with E-state index in [1.165, 1.54) is 16.0 Å². The van der Waals surface area contributed by atoms with Crippen molar-refractivity contribution in [3.63, 3.8) is 0 Å². The number of anilines is 1. The topological polar surface area (TPSA) is 103 Å². The van der Waals surface area contributed by atoms with Gasteiger partial charge in [-0.2, -0.15) is 5.10 Å². The third-order valence-electron chi connectivity index (χ3n) is 2.94. The molecule has 2 aromatic heterocycles. The van der Waals surface area contributed by atoms with E-state index in [2.05, 4.69) is 14.8 Å². The molecule has 2 heterocycles. The van der Waals surface area contributed by atoms with E-state index in [-0.39, 0.29) is 17.3 Å². The standard InChI is InChI=1S/C11H17N5O2S2/c1-4-8-5-13-9(19-8)6-14-20(17,18)10-7(2)16(3)15-11(10)12/h5,14H,4,6H2,1-3H3,(H2,12,15). The highest BCUT2D eigenvalue weighted by atomic mass is 32.2. The van der Waals surface area contributed by atoms with Crippen LogP contribution in [0.4, 0.5) is 5.82 Å². The molecule has 110 valence electrons. The molecule has 0 spiro atoms. The summed E-state index contributed by atoms with van der Waals surface area (Å²) in [6, 6.07) is 0. The Hall–Kier alpha value is -1.45. The van der Waals surface area contributed by atoms with Gasteiger partial charge in [0.05, 0.1) is 12.2 Å². The number of nitrogens with zero attached hydrogens (tertiary/aromatic N) is 3. The average molecular weight is 315 g/mol. The Kier molecular flexibility index (Phi) is 4.11. The number of thiazole rings is 1. The van der Waals surface area contributed by atoms with Crippen LogP contribution in [0.2, 0.25) is 0 Å². The molecule has 0 aliphatic carbocycles. The van der Waals surface area contributed by atoms with Gasteiger partial charge in [-0.05, 0) is 13.3 Å². The Balaban J connectivity index is 2.19. The van der Waals surface area contributed by atoms with Gasteiger partial charge in [-0.3, -0.25) is 4.68 Å². The van der Waals surface area contributed by atoms with Gasteiger partial charge in [0.15, 0.2) is 5.82 Å². The molecule has 0 amide bonds. The van der Waals surface area contributed by atoms with Gasteiger partial charge < -0.3 is 5.73 Å². The Morgan fingerprint density at radius 1 is 1.50 bits per heavy atom. The van der Waals surface area contributed by atoms with Crippen molar-refractivity contribution >= 4 is 27.2 Å². The Morgan fingerprint density at radius 2 is 2.20 bits per heavy atom. The summed E-state index contributed by atoms with van der Waals surface area (Å²) in [5.74, 6) is 0.00545. The van der Waals surface area contributed by atoms with E-state index in [0.717, 1.165) is 16.3 Å². The van der Waals surface area contributed by atoms with Crippen LogP contribution in [0.3, 0.4) is 0 Å². The van der Waals surface area contributed by atoms with Crippen LogP contribution in [-0.2, 0) is 30.0 Å². The summed E-state index contributed by atoms with van der Waals surface area (Å²) in [6.45, 7) is 3.85. The highest BCUT2D eigenvalue weighted by molar-refractivity contribution is 7.89. The quantitative estimate of drug-likeness (QED) is 0.850. The molecule has 0 unspecified atom stereocenters. The van der Waals surface area contributed by atoms with Crippen LogP contribution in [-0.4, -0.2) is 23.2 Å². The lowest BCUT2D eigenvalue weighted by Crippen LogP contribution is -2.24. The van der Waals surface area contributed by atoms with Gasteiger partial charge in [-0.15, -0.1) is 11.3 Å². The van der Waals surface area contributed by atoms with Crippen molar-refractivity contribution in [1.29, 1.82) is 0 Å². The SMILES string of the molecule is CCc1cnc(CNS(=O)(=O)c2c(N)nn(C)c2C)s1. The van der Waals surface area contributed by atoms with Gasteiger partial charge in [0, 0.05) is 18.1 Å². The van der Waals surface area contributed by atoms with Gasteiger partial charge in [0.25, 0.3) is 0 Å². The van der Waals surface area contributed by atoms with Gasteiger partial charge in [0.1, 0.15) is 9.90 Å². The molecule has 0 fully saturated rings. The van der Waals surface area contributed by atoms with Crippen molar-refractivity contribution in [2.45, 2.75) is 31.7 Å². The molecular weight excluding hydrogens is 298 g/mol. The van der Waals surface area contributed by atoms with E-state index in [4.69, 9.17) is 5.73 Å². The second kappa shape index (κ2) is 5.51. The zero-order valence-electron chi connectivity index (χ0n) is 11.5. The van der Waals surface area contributed by atoms with E-state index in [0.29, 0.717) is 5.69 Å². The molecule has 9 heteroatoms. The van der Waals surface area contributed by atoms with E-state index in [1.807, 2.05) is 6.92 Å². The summed E-state index contributed by atoms with van der Waals surface area (Å²) in [7, 11) is -2.04. The van der Waals surface area contributed by atoms with Crippen molar-refractivity contribution in [3.05, 3.63) is 21.8 Å². The lowest BCUT2D eigenvalue weighted by Gasteiger charge is -2.05. The van der Waals surface area contributed by atoms with Crippen LogP contribution in [0.1, 0.15) is 22.5 Å². The molecule has 0 bridgehead atoms. The number of rotatable bonds is 5. The van der Waals surface area contributed by atoms with E-state index in [9.17, 15) is 8.42 Å². The third-order valence-corrected chi connectivity index (χ3v) is 5.64. The van der Waals surface area contributed by atoms with Gasteiger partial charge in [-0.1, -0.05) is 6.92 Å². The van der Waals surface area contributed by atoms with E-state index >= 15 is 0 Å². The van der Waals surface area contributed by atoms with Gasteiger partial charge in [0.2, 0.25) is 10.0 Å². The number of hydrogen-bond donors (Lipinski definition) is 2. The highest BCUT2D eigenvalue weighted by Gasteiger charge is 2.24. The maximum atomic E-state index is 12.3. The molecule has 3 N–H and O–H groups in total. The number of nitrogen functional groups attached to an aromatic ring is 1. The molecule has 0 atom stereocenters. The Labute approximate surface area is 121 Å². The first kappa shape index (κ1) is 14.9. The largest absolute Gasteiger partial charge is 0.381 e. The van der Waals surface area contributed by atoms with Crippen LogP contribution < -0.4 is 10.5 Å². The summed E-state index contributed by atoms with van der Waals surface area (Å²) < 4.78 is 28.5. The van der Waals surface area contributed by atoms with Crippen molar-refractivity contribution < 1.29 is 8.42 Å². The van der Waals surface area contributed by atoms with Crippen LogP contribution in [0.5, 0.6) is 0 Å². The molecule has 20 heavy (non-hydrogen) atoms. The van der Waals surface area contributed by atoms with Crippen molar-refractivity contribution in [1.82, 2.24) is 19.5 Å². The summed E-state index contributed by atoms with van der Waals surface area (Å²) in [4.78, 5) is 5.33. The molecule has 7 nitrogen and oxygen atoms in total. The van der Waals surface area contributed by atoms with Crippen molar-refractivity contribution in [2.24, 2.45) is 7.05 Å². The number of nitrogens with one attached hydrogen (secondary N) is 1. The number of hydrogen-bond acceptors (Lipinski definition) is 6. The number of aryl methyl sites for hydroxylation is 2. The maximum Gasteiger partial charge on any atom is 0.246 e. The molecule has 0 aliphatic rings. The van der Waals surface area contributed by atoms with Crippen LogP contribution in [0.25, 0.3) is 0 Å². The first-order chi connectivity index (χ1) is 9.35. The predicted octanol–water partition coefficient (Wildman–Crippen LogP) is 0.808. The van der Waals surface area contributed by atoms with Gasteiger partial charge in [-0.25, -0.2) is 18.1 Å². The first-order valence-electron chi connectivity index (χ1n) is 6.07. The molecule has 0 aromatic carbocycles. The Morgan fingerprint density at radius 3 is 2.70 bits per heavy atom.